The van der Waals surface area contributed by atoms with E-state index in [9.17, 15) is 0 Å². The standard InChI is InChI=1S/C12H16N2/c1-9(2)14-10(3)4-5-11-6-7-13-8-12(11)14/h6-9H,3-5H2,1-2H3. The summed E-state index contributed by atoms with van der Waals surface area (Å²) in [6.45, 7) is 8.49. The molecule has 0 spiro atoms. The van der Waals surface area contributed by atoms with Gasteiger partial charge in [0.25, 0.3) is 0 Å². The third kappa shape index (κ3) is 1.41. The third-order valence-corrected chi connectivity index (χ3v) is 2.69. The first-order chi connectivity index (χ1) is 6.70. The van der Waals surface area contributed by atoms with Crippen molar-refractivity contribution >= 4 is 5.69 Å². The van der Waals surface area contributed by atoms with Gasteiger partial charge >= 0.3 is 0 Å². The van der Waals surface area contributed by atoms with E-state index in [-0.39, 0.29) is 0 Å². The molecule has 1 aliphatic heterocycles. The maximum atomic E-state index is 4.18. The first-order valence-corrected chi connectivity index (χ1v) is 5.10. The lowest BCUT2D eigenvalue weighted by atomic mass is 10.0. The Morgan fingerprint density at radius 3 is 2.93 bits per heavy atom. The van der Waals surface area contributed by atoms with Gasteiger partial charge in [0, 0.05) is 17.9 Å². The lowest BCUT2D eigenvalue weighted by Crippen LogP contribution is -2.33. The summed E-state index contributed by atoms with van der Waals surface area (Å²) in [5.41, 5.74) is 3.83. The summed E-state index contributed by atoms with van der Waals surface area (Å²) in [6.07, 6.45) is 5.97. The summed E-state index contributed by atoms with van der Waals surface area (Å²) in [4.78, 5) is 6.47. The monoisotopic (exact) mass is 188 g/mol. The summed E-state index contributed by atoms with van der Waals surface area (Å²) in [5.74, 6) is 0. The van der Waals surface area contributed by atoms with Gasteiger partial charge in [-0.1, -0.05) is 6.58 Å². The molecule has 74 valence electrons. The maximum Gasteiger partial charge on any atom is 0.0629 e. The van der Waals surface area contributed by atoms with Crippen LogP contribution in [0.25, 0.3) is 0 Å². The zero-order valence-corrected chi connectivity index (χ0v) is 8.83. The quantitative estimate of drug-likeness (QED) is 0.673. The number of aromatic nitrogens is 1. The molecular formula is C12H16N2. The molecule has 2 nitrogen and oxygen atoms in total. The van der Waals surface area contributed by atoms with Gasteiger partial charge in [0.15, 0.2) is 0 Å². The molecular weight excluding hydrogens is 172 g/mol. The largest absolute Gasteiger partial charge is 0.342 e. The summed E-state index contributed by atoms with van der Waals surface area (Å²) >= 11 is 0. The number of fused-ring (bicyclic) bond motifs is 1. The minimum absolute atomic E-state index is 0.464. The van der Waals surface area contributed by atoms with Gasteiger partial charge in [0.1, 0.15) is 0 Å². The topological polar surface area (TPSA) is 16.1 Å². The molecule has 0 aliphatic carbocycles. The van der Waals surface area contributed by atoms with Crippen molar-refractivity contribution in [1.29, 1.82) is 0 Å². The molecule has 1 aromatic heterocycles. The number of pyridine rings is 1. The molecule has 0 N–H and O–H groups in total. The molecule has 0 atom stereocenters. The van der Waals surface area contributed by atoms with Crippen molar-refractivity contribution in [2.75, 3.05) is 4.90 Å². The van der Waals surface area contributed by atoms with Crippen molar-refractivity contribution in [2.45, 2.75) is 32.7 Å². The highest BCUT2D eigenvalue weighted by molar-refractivity contribution is 5.59. The molecule has 0 fully saturated rings. The molecule has 0 bridgehead atoms. The molecule has 1 aliphatic rings. The van der Waals surface area contributed by atoms with Crippen molar-refractivity contribution < 1.29 is 0 Å². The van der Waals surface area contributed by atoms with Crippen LogP contribution < -0.4 is 4.90 Å². The van der Waals surface area contributed by atoms with Gasteiger partial charge < -0.3 is 4.90 Å². The Bertz CT molecular complexity index is 355. The van der Waals surface area contributed by atoms with Crippen LogP contribution in [0.1, 0.15) is 25.8 Å². The summed E-state index contributed by atoms with van der Waals surface area (Å²) in [6, 6.07) is 2.57. The van der Waals surface area contributed by atoms with E-state index < -0.39 is 0 Å². The molecule has 0 saturated heterocycles. The number of anilines is 1. The van der Waals surface area contributed by atoms with Gasteiger partial charge in [-0.05, 0) is 38.3 Å². The minimum atomic E-state index is 0.464. The van der Waals surface area contributed by atoms with Crippen LogP contribution in [0.3, 0.4) is 0 Å². The lowest BCUT2D eigenvalue weighted by molar-refractivity contribution is 0.693. The Balaban J connectivity index is 2.46. The van der Waals surface area contributed by atoms with Crippen molar-refractivity contribution in [1.82, 2.24) is 4.98 Å². The number of allylic oxidation sites excluding steroid dienone is 1. The van der Waals surface area contributed by atoms with E-state index in [0.717, 1.165) is 12.8 Å². The highest BCUT2D eigenvalue weighted by atomic mass is 15.2. The van der Waals surface area contributed by atoms with E-state index in [4.69, 9.17) is 0 Å². The lowest BCUT2D eigenvalue weighted by Gasteiger charge is -2.35. The number of hydrogen-bond acceptors (Lipinski definition) is 2. The zero-order valence-electron chi connectivity index (χ0n) is 8.83. The van der Waals surface area contributed by atoms with Crippen LogP contribution in [0, 0.1) is 0 Å². The van der Waals surface area contributed by atoms with Crippen molar-refractivity contribution in [3.63, 3.8) is 0 Å². The molecule has 0 unspecified atom stereocenters. The second-order valence-corrected chi connectivity index (χ2v) is 4.03. The van der Waals surface area contributed by atoms with E-state index in [1.54, 1.807) is 0 Å². The minimum Gasteiger partial charge on any atom is -0.342 e. The van der Waals surface area contributed by atoms with Crippen LogP contribution in [-0.4, -0.2) is 11.0 Å². The first kappa shape index (κ1) is 9.25. The third-order valence-electron chi connectivity index (χ3n) is 2.69. The number of nitrogens with zero attached hydrogens (tertiary/aromatic N) is 2. The van der Waals surface area contributed by atoms with Crippen LogP contribution in [0.15, 0.2) is 30.7 Å². The van der Waals surface area contributed by atoms with E-state index in [0.29, 0.717) is 6.04 Å². The Kier molecular flexibility index (Phi) is 2.28. The smallest absolute Gasteiger partial charge is 0.0629 e. The van der Waals surface area contributed by atoms with Crippen molar-refractivity contribution in [2.24, 2.45) is 0 Å². The summed E-state index contributed by atoms with van der Waals surface area (Å²) in [7, 11) is 0. The van der Waals surface area contributed by atoms with Crippen molar-refractivity contribution in [3.8, 4) is 0 Å². The molecule has 2 rings (SSSR count). The summed E-state index contributed by atoms with van der Waals surface area (Å²) < 4.78 is 0. The van der Waals surface area contributed by atoms with E-state index in [1.807, 2.05) is 12.4 Å². The molecule has 2 heterocycles. The highest BCUT2D eigenvalue weighted by Crippen LogP contribution is 2.32. The van der Waals surface area contributed by atoms with Gasteiger partial charge in [0.05, 0.1) is 11.9 Å². The van der Waals surface area contributed by atoms with E-state index in [1.165, 1.54) is 16.9 Å². The van der Waals surface area contributed by atoms with Crippen LogP contribution in [0.5, 0.6) is 0 Å². The highest BCUT2D eigenvalue weighted by Gasteiger charge is 2.21. The second kappa shape index (κ2) is 3.45. The van der Waals surface area contributed by atoms with Gasteiger partial charge in [-0.25, -0.2) is 0 Å². The number of rotatable bonds is 1. The SMILES string of the molecule is C=C1CCc2ccncc2N1C(C)C. The molecule has 0 saturated carbocycles. The molecule has 14 heavy (non-hydrogen) atoms. The Labute approximate surface area is 85.3 Å². The zero-order chi connectivity index (χ0) is 10.1. The predicted molar refractivity (Wildman–Crippen MR) is 59.3 cm³/mol. The van der Waals surface area contributed by atoms with Gasteiger partial charge in [-0.15, -0.1) is 0 Å². The van der Waals surface area contributed by atoms with Gasteiger partial charge in [0.2, 0.25) is 0 Å². The fourth-order valence-electron chi connectivity index (χ4n) is 2.06. The maximum absolute atomic E-state index is 4.18. The van der Waals surface area contributed by atoms with E-state index in [2.05, 4.69) is 36.4 Å². The average molecular weight is 188 g/mol. The second-order valence-electron chi connectivity index (χ2n) is 4.03. The van der Waals surface area contributed by atoms with Gasteiger partial charge in [-0.3, -0.25) is 4.98 Å². The van der Waals surface area contributed by atoms with Crippen LogP contribution in [0.2, 0.25) is 0 Å². The fourth-order valence-corrected chi connectivity index (χ4v) is 2.06. The molecule has 0 radical (unpaired) electrons. The normalized spacial score (nSPS) is 15.9. The fraction of sp³-hybridized carbons (Fsp3) is 0.417. The average Bonchev–Trinajstić information content (AvgIpc) is 2.17. The number of aryl methyl sites for hydroxylation is 1. The van der Waals surface area contributed by atoms with Gasteiger partial charge in [-0.2, -0.15) is 0 Å². The van der Waals surface area contributed by atoms with E-state index >= 15 is 0 Å². The molecule has 2 heteroatoms. The number of hydrogen-bond donors (Lipinski definition) is 0. The van der Waals surface area contributed by atoms with Crippen LogP contribution >= 0.6 is 0 Å². The van der Waals surface area contributed by atoms with Crippen LogP contribution in [-0.2, 0) is 6.42 Å². The molecule has 0 aromatic carbocycles. The van der Waals surface area contributed by atoms with Crippen LogP contribution in [0.4, 0.5) is 5.69 Å². The summed E-state index contributed by atoms with van der Waals surface area (Å²) in [5, 5.41) is 0. The molecule has 0 amide bonds. The Morgan fingerprint density at radius 2 is 2.21 bits per heavy atom. The predicted octanol–water partition coefficient (Wildman–Crippen LogP) is 2.76. The molecule has 1 aromatic rings. The Hall–Kier alpha value is -1.31. The first-order valence-electron chi connectivity index (χ1n) is 5.10. The van der Waals surface area contributed by atoms with Crippen molar-refractivity contribution in [3.05, 3.63) is 36.3 Å². The Morgan fingerprint density at radius 1 is 1.43 bits per heavy atom.